The number of anilines is 2. The van der Waals surface area contributed by atoms with E-state index < -0.39 is 5.82 Å². The predicted octanol–water partition coefficient (Wildman–Crippen LogP) is 5.13. The Morgan fingerprint density at radius 2 is 1.63 bits per heavy atom. The number of para-hydroxylation sites is 1. The number of aromatic nitrogens is 1. The summed E-state index contributed by atoms with van der Waals surface area (Å²) in [6.45, 7) is 0. The van der Waals surface area contributed by atoms with E-state index in [1.165, 1.54) is 18.2 Å². The van der Waals surface area contributed by atoms with Crippen LogP contribution in [0.15, 0.2) is 79.0 Å². The van der Waals surface area contributed by atoms with Crippen molar-refractivity contribution in [3.05, 3.63) is 95.9 Å². The van der Waals surface area contributed by atoms with Crippen molar-refractivity contribution in [3.8, 4) is 0 Å². The molecule has 0 radical (unpaired) electrons. The fourth-order valence-corrected chi connectivity index (χ4v) is 3.32. The second-order valence-electron chi connectivity index (χ2n) is 6.95. The standard InChI is InChI=1S/C24H20FN3O2/c25-18-6-4-8-20(14-18)28-24(30)16-5-3-7-19(13-16)27-23(29)12-11-17-15-26-22-10-2-1-9-21(17)22/h1-10,13-15,26H,11-12H2,(H,27,29)(H,28,30). The minimum Gasteiger partial charge on any atom is -0.361 e. The van der Waals surface area contributed by atoms with Gasteiger partial charge in [0.1, 0.15) is 5.82 Å². The van der Waals surface area contributed by atoms with Gasteiger partial charge in [-0.15, -0.1) is 0 Å². The summed E-state index contributed by atoms with van der Waals surface area (Å²) in [6.07, 6.45) is 2.85. The van der Waals surface area contributed by atoms with Gasteiger partial charge >= 0.3 is 0 Å². The summed E-state index contributed by atoms with van der Waals surface area (Å²) < 4.78 is 13.3. The van der Waals surface area contributed by atoms with E-state index in [0.29, 0.717) is 29.8 Å². The first-order chi connectivity index (χ1) is 14.6. The van der Waals surface area contributed by atoms with Crippen LogP contribution in [0.3, 0.4) is 0 Å². The third kappa shape index (κ3) is 4.55. The van der Waals surface area contributed by atoms with Crippen molar-refractivity contribution in [3.63, 3.8) is 0 Å². The lowest BCUT2D eigenvalue weighted by Gasteiger charge is -2.09. The fraction of sp³-hybridized carbons (Fsp3) is 0.0833. The van der Waals surface area contributed by atoms with Crippen LogP contribution in [0.5, 0.6) is 0 Å². The summed E-state index contributed by atoms with van der Waals surface area (Å²) in [4.78, 5) is 28.0. The maximum atomic E-state index is 13.3. The van der Waals surface area contributed by atoms with E-state index in [0.717, 1.165) is 16.5 Å². The van der Waals surface area contributed by atoms with E-state index in [4.69, 9.17) is 0 Å². The molecule has 5 nitrogen and oxygen atoms in total. The number of carbonyl (C=O) groups is 2. The van der Waals surface area contributed by atoms with Crippen molar-refractivity contribution in [2.75, 3.05) is 10.6 Å². The summed E-state index contributed by atoms with van der Waals surface area (Å²) in [6, 6.07) is 20.3. The molecule has 2 amide bonds. The number of fused-ring (bicyclic) bond motifs is 1. The highest BCUT2D eigenvalue weighted by Gasteiger charge is 2.10. The minimum atomic E-state index is -0.427. The molecule has 0 aliphatic carbocycles. The maximum Gasteiger partial charge on any atom is 0.255 e. The Balaban J connectivity index is 1.37. The molecule has 0 fully saturated rings. The minimum absolute atomic E-state index is 0.136. The van der Waals surface area contributed by atoms with Crippen LogP contribution in [-0.2, 0) is 11.2 Å². The molecule has 150 valence electrons. The Morgan fingerprint density at radius 3 is 2.47 bits per heavy atom. The third-order valence-corrected chi connectivity index (χ3v) is 4.79. The molecule has 0 bridgehead atoms. The highest BCUT2D eigenvalue weighted by Crippen LogP contribution is 2.20. The van der Waals surface area contributed by atoms with Gasteiger partial charge in [0.2, 0.25) is 5.91 Å². The monoisotopic (exact) mass is 401 g/mol. The highest BCUT2D eigenvalue weighted by molar-refractivity contribution is 6.05. The molecule has 0 aliphatic rings. The Bertz CT molecular complexity index is 1220. The Hall–Kier alpha value is -3.93. The topological polar surface area (TPSA) is 74.0 Å². The number of aryl methyl sites for hydroxylation is 1. The molecule has 1 heterocycles. The van der Waals surface area contributed by atoms with Crippen molar-refractivity contribution >= 4 is 34.1 Å². The fourth-order valence-electron chi connectivity index (χ4n) is 3.32. The number of nitrogens with one attached hydrogen (secondary N) is 3. The number of amides is 2. The SMILES string of the molecule is O=C(CCc1c[nH]c2ccccc12)Nc1cccc(C(=O)Nc2cccc(F)c2)c1. The molecule has 0 spiro atoms. The van der Waals surface area contributed by atoms with Crippen LogP contribution in [-0.4, -0.2) is 16.8 Å². The lowest BCUT2D eigenvalue weighted by Crippen LogP contribution is -2.15. The van der Waals surface area contributed by atoms with Crippen LogP contribution in [0.4, 0.5) is 15.8 Å². The molecular weight excluding hydrogens is 381 g/mol. The molecule has 6 heteroatoms. The van der Waals surface area contributed by atoms with Crippen LogP contribution >= 0.6 is 0 Å². The Labute approximate surface area is 172 Å². The van der Waals surface area contributed by atoms with E-state index >= 15 is 0 Å². The molecular formula is C24H20FN3O2. The van der Waals surface area contributed by atoms with E-state index in [1.807, 2.05) is 30.5 Å². The van der Waals surface area contributed by atoms with Crippen molar-refractivity contribution in [2.45, 2.75) is 12.8 Å². The van der Waals surface area contributed by atoms with Gasteiger partial charge in [0, 0.05) is 40.5 Å². The van der Waals surface area contributed by atoms with Crippen molar-refractivity contribution in [1.82, 2.24) is 4.98 Å². The number of halogens is 1. The van der Waals surface area contributed by atoms with Gasteiger partial charge in [0.05, 0.1) is 0 Å². The van der Waals surface area contributed by atoms with Crippen LogP contribution in [0.25, 0.3) is 10.9 Å². The summed E-state index contributed by atoms with van der Waals surface area (Å²) in [5, 5.41) is 6.59. The number of hydrogen-bond donors (Lipinski definition) is 3. The summed E-state index contributed by atoms with van der Waals surface area (Å²) >= 11 is 0. The summed E-state index contributed by atoms with van der Waals surface area (Å²) in [5.41, 5.74) is 3.40. The quantitative estimate of drug-likeness (QED) is 0.419. The zero-order valence-electron chi connectivity index (χ0n) is 16.1. The van der Waals surface area contributed by atoms with Gasteiger partial charge in [0.25, 0.3) is 5.91 Å². The van der Waals surface area contributed by atoms with E-state index in [1.54, 1.807) is 30.3 Å². The zero-order chi connectivity index (χ0) is 20.9. The largest absolute Gasteiger partial charge is 0.361 e. The van der Waals surface area contributed by atoms with Crippen LogP contribution in [0, 0.1) is 5.82 Å². The molecule has 3 N–H and O–H groups in total. The number of aromatic amines is 1. The van der Waals surface area contributed by atoms with Gasteiger partial charge in [-0.2, -0.15) is 0 Å². The maximum absolute atomic E-state index is 13.3. The van der Waals surface area contributed by atoms with Gasteiger partial charge in [-0.1, -0.05) is 30.3 Å². The van der Waals surface area contributed by atoms with E-state index in [-0.39, 0.29) is 11.8 Å². The van der Waals surface area contributed by atoms with Crippen molar-refractivity contribution in [1.29, 1.82) is 0 Å². The van der Waals surface area contributed by atoms with Crippen LogP contribution in [0.2, 0.25) is 0 Å². The lowest BCUT2D eigenvalue weighted by molar-refractivity contribution is -0.116. The first kappa shape index (κ1) is 19.4. The average molecular weight is 401 g/mol. The van der Waals surface area contributed by atoms with Crippen LogP contribution < -0.4 is 10.6 Å². The molecule has 3 aromatic carbocycles. The Kier molecular flexibility index (Phi) is 5.57. The average Bonchev–Trinajstić information content (AvgIpc) is 3.16. The molecule has 0 aliphatic heterocycles. The first-order valence-electron chi connectivity index (χ1n) is 9.60. The van der Waals surface area contributed by atoms with Crippen molar-refractivity contribution in [2.24, 2.45) is 0 Å². The van der Waals surface area contributed by atoms with Gasteiger partial charge in [0.15, 0.2) is 0 Å². The van der Waals surface area contributed by atoms with E-state index in [9.17, 15) is 14.0 Å². The van der Waals surface area contributed by atoms with Crippen molar-refractivity contribution < 1.29 is 14.0 Å². The molecule has 0 saturated carbocycles. The van der Waals surface area contributed by atoms with E-state index in [2.05, 4.69) is 15.6 Å². The summed E-state index contributed by atoms with van der Waals surface area (Å²) in [5.74, 6) is -0.942. The molecule has 0 unspecified atom stereocenters. The molecule has 1 aromatic heterocycles. The van der Waals surface area contributed by atoms with Gasteiger partial charge in [-0.3, -0.25) is 9.59 Å². The third-order valence-electron chi connectivity index (χ3n) is 4.79. The molecule has 4 rings (SSSR count). The first-order valence-corrected chi connectivity index (χ1v) is 9.60. The predicted molar refractivity (Wildman–Crippen MR) is 116 cm³/mol. The van der Waals surface area contributed by atoms with Gasteiger partial charge in [-0.25, -0.2) is 4.39 Å². The molecule has 30 heavy (non-hydrogen) atoms. The second-order valence-corrected chi connectivity index (χ2v) is 6.95. The number of rotatable bonds is 6. The second kappa shape index (κ2) is 8.61. The highest BCUT2D eigenvalue weighted by atomic mass is 19.1. The molecule has 4 aromatic rings. The number of benzene rings is 3. The van der Waals surface area contributed by atoms with Crippen LogP contribution in [0.1, 0.15) is 22.3 Å². The number of H-pyrrole nitrogens is 1. The summed E-state index contributed by atoms with van der Waals surface area (Å²) in [7, 11) is 0. The normalized spacial score (nSPS) is 10.7. The smallest absolute Gasteiger partial charge is 0.255 e. The Morgan fingerprint density at radius 1 is 0.867 bits per heavy atom. The number of hydrogen-bond acceptors (Lipinski definition) is 2. The van der Waals surface area contributed by atoms with Gasteiger partial charge in [-0.05, 0) is 54.4 Å². The molecule has 0 saturated heterocycles. The molecule has 0 atom stereocenters. The zero-order valence-corrected chi connectivity index (χ0v) is 16.1. The lowest BCUT2D eigenvalue weighted by atomic mass is 10.1. The number of carbonyl (C=O) groups excluding carboxylic acids is 2. The van der Waals surface area contributed by atoms with Gasteiger partial charge < -0.3 is 15.6 Å².